The highest BCUT2D eigenvalue weighted by Gasteiger charge is 2.66. The molecule has 6 heteroatoms. The highest BCUT2D eigenvalue weighted by atomic mass is 16.6. The van der Waals surface area contributed by atoms with Crippen molar-refractivity contribution < 1.29 is 14.3 Å². The first-order valence-electron chi connectivity index (χ1n) is 9.55. The third kappa shape index (κ3) is 3.01. The molecule has 6 nitrogen and oxygen atoms in total. The number of benzene rings is 1. The summed E-state index contributed by atoms with van der Waals surface area (Å²) in [6.45, 7) is 6.49. The number of piperidine rings is 1. The first-order chi connectivity index (χ1) is 12.7. The van der Waals surface area contributed by atoms with Gasteiger partial charge < -0.3 is 9.64 Å². The number of amides is 2. The first-order valence-corrected chi connectivity index (χ1v) is 9.55. The molecule has 2 aliphatic heterocycles. The second-order valence-corrected chi connectivity index (χ2v) is 9.14. The Kier molecular flexibility index (Phi) is 3.88. The quantitative estimate of drug-likeness (QED) is 0.805. The van der Waals surface area contributed by atoms with Crippen molar-refractivity contribution in [3.8, 4) is 0 Å². The molecule has 27 heavy (non-hydrogen) atoms. The number of hydrazone groups is 1. The summed E-state index contributed by atoms with van der Waals surface area (Å²) in [5.41, 5.74) is 0.513. The van der Waals surface area contributed by atoms with Crippen LogP contribution in [0.2, 0.25) is 0 Å². The molecule has 2 amide bonds. The van der Waals surface area contributed by atoms with Gasteiger partial charge in [-0.15, -0.1) is 0 Å². The molecule has 0 aromatic heterocycles. The van der Waals surface area contributed by atoms with Crippen LogP contribution < -0.4 is 0 Å². The van der Waals surface area contributed by atoms with Crippen molar-refractivity contribution >= 4 is 17.7 Å². The normalized spacial score (nSPS) is 26.1. The minimum absolute atomic E-state index is 0.0270. The van der Waals surface area contributed by atoms with Crippen molar-refractivity contribution in [3.05, 3.63) is 35.9 Å². The van der Waals surface area contributed by atoms with E-state index in [1.54, 1.807) is 11.9 Å². The highest BCUT2D eigenvalue weighted by Crippen LogP contribution is 2.57. The Balaban J connectivity index is 1.71. The van der Waals surface area contributed by atoms with Crippen LogP contribution in [0.25, 0.3) is 0 Å². The lowest BCUT2D eigenvalue weighted by molar-refractivity contribution is -0.136. The zero-order valence-corrected chi connectivity index (χ0v) is 16.5. The monoisotopic (exact) mass is 369 g/mol. The van der Waals surface area contributed by atoms with Gasteiger partial charge in [0.15, 0.2) is 0 Å². The van der Waals surface area contributed by atoms with Crippen molar-refractivity contribution in [2.75, 3.05) is 20.1 Å². The molecule has 0 N–H and O–H groups in total. The molecule has 144 valence electrons. The lowest BCUT2D eigenvalue weighted by Crippen LogP contribution is -2.60. The molecule has 3 aliphatic rings. The van der Waals surface area contributed by atoms with Gasteiger partial charge in [0, 0.05) is 25.6 Å². The fraction of sp³-hybridized carbons (Fsp3) is 0.571. The van der Waals surface area contributed by atoms with Gasteiger partial charge in [-0.1, -0.05) is 30.3 Å². The number of carbonyl (C=O) groups is 2. The van der Waals surface area contributed by atoms with E-state index in [1.165, 1.54) is 5.01 Å². The molecule has 1 aromatic carbocycles. The summed E-state index contributed by atoms with van der Waals surface area (Å²) in [6.07, 6.45) is 2.13. The fourth-order valence-electron chi connectivity index (χ4n) is 4.44. The predicted molar refractivity (Wildman–Crippen MR) is 102 cm³/mol. The molecule has 2 heterocycles. The van der Waals surface area contributed by atoms with Crippen LogP contribution in [0.3, 0.4) is 0 Å². The molecule has 1 saturated heterocycles. The first kappa shape index (κ1) is 18.0. The minimum atomic E-state index is -0.790. The van der Waals surface area contributed by atoms with E-state index >= 15 is 0 Å². The topological polar surface area (TPSA) is 62.2 Å². The molecular weight excluding hydrogens is 342 g/mol. The Morgan fingerprint density at radius 1 is 1.19 bits per heavy atom. The van der Waals surface area contributed by atoms with Gasteiger partial charge in [-0.3, -0.25) is 4.79 Å². The summed E-state index contributed by atoms with van der Waals surface area (Å²) >= 11 is 0. The van der Waals surface area contributed by atoms with E-state index in [0.29, 0.717) is 19.5 Å². The number of carbonyl (C=O) groups excluding carboxylic acids is 2. The largest absolute Gasteiger partial charge is 0.444 e. The summed E-state index contributed by atoms with van der Waals surface area (Å²) in [4.78, 5) is 27.8. The fourth-order valence-corrected chi connectivity index (χ4v) is 4.44. The maximum atomic E-state index is 13.3. The third-order valence-electron chi connectivity index (χ3n) is 5.72. The van der Waals surface area contributed by atoms with E-state index in [1.807, 2.05) is 51.1 Å². The summed E-state index contributed by atoms with van der Waals surface area (Å²) in [7, 11) is 1.72. The molecule has 1 unspecified atom stereocenters. The van der Waals surface area contributed by atoms with Crippen LogP contribution >= 0.6 is 0 Å². The van der Waals surface area contributed by atoms with E-state index in [-0.39, 0.29) is 17.4 Å². The Hall–Kier alpha value is -2.37. The second-order valence-electron chi connectivity index (χ2n) is 9.14. The van der Waals surface area contributed by atoms with Crippen LogP contribution in [0, 0.1) is 10.8 Å². The number of rotatable bonds is 2. The molecule has 0 bridgehead atoms. The van der Waals surface area contributed by atoms with Crippen LogP contribution in [0.1, 0.15) is 39.2 Å². The van der Waals surface area contributed by atoms with Gasteiger partial charge in [-0.05, 0) is 45.6 Å². The Morgan fingerprint density at radius 2 is 1.85 bits per heavy atom. The number of nitrogens with zero attached hydrogens (tertiary/aromatic N) is 3. The van der Waals surface area contributed by atoms with E-state index in [2.05, 4.69) is 5.10 Å². The van der Waals surface area contributed by atoms with Crippen molar-refractivity contribution in [3.63, 3.8) is 0 Å². The zero-order valence-electron chi connectivity index (χ0n) is 16.5. The Morgan fingerprint density at radius 3 is 2.44 bits per heavy atom. The number of fused-ring (bicyclic) bond motifs is 2. The predicted octanol–water partition coefficient (Wildman–Crippen LogP) is 3.07. The summed E-state index contributed by atoms with van der Waals surface area (Å²) < 4.78 is 5.63. The lowest BCUT2D eigenvalue weighted by atomic mass is 9.68. The van der Waals surface area contributed by atoms with Crippen LogP contribution in [-0.4, -0.2) is 53.4 Å². The second kappa shape index (κ2) is 5.81. The average molecular weight is 369 g/mol. The lowest BCUT2D eigenvalue weighted by Gasteiger charge is -2.43. The standard InChI is InChI=1S/C21H27N3O3/c1-19(2,3)27-18(26)24-13-20(10-11-20)16-21(14-24,17(25)23(4)22-16)12-15-8-6-5-7-9-15/h5-9H,10-14H2,1-4H3. The molecular formula is C21H27N3O3. The van der Waals surface area contributed by atoms with E-state index < -0.39 is 11.0 Å². The van der Waals surface area contributed by atoms with Crippen LogP contribution in [0.5, 0.6) is 0 Å². The van der Waals surface area contributed by atoms with Gasteiger partial charge in [-0.25, -0.2) is 9.80 Å². The maximum absolute atomic E-state index is 13.3. The molecule has 0 radical (unpaired) electrons. The number of ether oxygens (including phenoxy) is 1. The summed E-state index contributed by atoms with van der Waals surface area (Å²) in [6, 6.07) is 9.99. The number of hydrogen-bond acceptors (Lipinski definition) is 4. The van der Waals surface area contributed by atoms with Gasteiger partial charge in [0.25, 0.3) is 5.91 Å². The summed E-state index contributed by atoms with van der Waals surface area (Å²) in [5, 5.41) is 6.13. The number of hydrogen-bond donors (Lipinski definition) is 0. The zero-order chi connectivity index (χ0) is 19.4. The average Bonchev–Trinajstić information content (AvgIpc) is 3.31. The van der Waals surface area contributed by atoms with Gasteiger partial charge in [-0.2, -0.15) is 5.10 Å². The van der Waals surface area contributed by atoms with Crippen molar-refractivity contribution in [2.45, 2.75) is 45.6 Å². The molecule has 4 rings (SSSR count). The van der Waals surface area contributed by atoms with E-state index in [0.717, 1.165) is 24.1 Å². The van der Waals surface area contributed by atoms with E-state index in [4.69, 9.17) is 4.74 Å². The molecule has 2 fully saturated rings. The van der Waals surface area contributed by atoms with Crippen LogP contribution in [-0.2, 0) is 16.0 Å². The van der Waals surface area contributed by atoms with Gasteiger partial charge in [0.2, 0.25) is 0 Å². The Labute approximate surface area is 160 Å². The highest BCUT2D eigenvalue weighted by molar-refractivity contribution is 6.17. The van der Waals surface area contributed by atoms with E-state index in [9.17, 15) is 9.59 Å². The molecule has 1 aliphatic carbocycles. The summed E-state index contributed by atoms with van der Waals surface area (Å²) in [5.74, 6) is -0.0270. The Bertz CT molecular complexity index is 808. The van der Waals surface area contributed by atoms with Gasteiger partial charge in [0.1, 0.15) is 11.0 Å². The minimum Gasteiger partial charge on any atom is -0.444 e. The molecule has 1 atom stereocenters. The smallest absolute Gasteiger partial charge is 0.410 e. The van der Waals surface area contributed by atoms with Crippen molar-refractivity contribution in [1.82, 2.24) is 9.91 Å². The van der Waals surface area contributed by atoms with Gasteiger partial charge in [0.05, 0.1) is 5.71 Å². The van der Waals surface area contributed by atoms with Gasteiger partial charge >= 0.3 is 6.09 Å². The van der Waals surface area contributed by atoms with Crippen molar-refractivity contribution in [1.29, 1.82) is 0 Å². The molecule has 1 aromatic rings. The number of likely N-dealkylation sites (tertiary alicyclic amines) is 1. The van der Waals surface area contributed by atoms with Crippen LogP contribution in [0.4, 0.5) is 4.79 Å². The maximum Gasteiger partial charge on any atom is 0.410 e. The third-order valence-corrected chi connectivity index (χ3v) is 5.72. The SMILES string of the molecule is CN1N=C2C3(CC3)CN(C(=O)OC(C)(C)C)CC2(Cc2ccccc2)C1=O. The van der Waals surface area contributed by atoms with Crippen LogP contribution in [0.15, 0.2) is 35.4 Å². The molecule has 1 spiro atoms. The van der Waals surface area contributed by atoms with Crippen molar-refractivity contribution in [2.24, 2.45) is 15.9 Å². The molecule has 1 saturated carbocycles.